The molecule has 1 aliphatic carbocycles. The van der Waals surface area contributed by atoms with Gasteiger partial charge < -0.3 is 14.9 Å². The van der Waals surface area contributed by atoms with Gasteiger partial charge in [0.05, 0.1) is 12.5 Å². The predicted octanol–water partition coefficient (Wildman–Crippen LogP) is 1.59. The van der Waals surface area contributed by atoms with E-state index < -0.39 is 6.10 Å². The molecule has 1 saturated heterocycles. The molecule has 124 valence electrons. The van der Waals surface area contributed by atoms with Gasteiger partial charge in [-0.25, -0.2) is 0 Å². The lowest BCUT2D eigenvalue weighted by Gasteiger charge is -2.21. The molecule has 5 nitrogen and oxygen atoms in total. The Labute approximate surface area is 136 Å². The molecular weight excluding hydrogens is 292 g/mol. The largest absolute Gasteiger partial charge is 0.391 e. The first-order chi connectivity index (χ1) is 11.0. The Balaban J connectivity index is 1.54. The minimum absolute atomic E-state index is 0.00898. The zero-order chi connectivity index (χ0) is 16.4. The molecule has 0 radical (unpaired) electrons. The molecule has 0 aromatic heterocycles. The fraction of sp³-hybridized carbons (Fsp3) is 0.556. The van der Waals surface area contributed by atoms with Crippen molar-refractivity contribution in [3.05, 3.63) is 29.8 Å². The van der Waals surface area contributed by atoms with Gasteiger partial charge in [0.15, 0.2) is 0 Å². The first kappa shape index (κ1) is 16.0. The molecule has 1 aliphatic heterocycles. The summed E-state index contributed by atoms with van der Waals surface area (Å²) in [7, 11) is 1.74. The topological polar surface area (TPSA) is 60.9 Å². The molecule has 1 atom stereocenters. The van der Waals surface area contributed by atoms with Gasteiger partial charge in [0.25, 0.3) is 0 Å². The van der Waals surface area contributed by atoms with E-state index in [1.165, 1.54) is 0 Å². The number of nitrogens with zero attached hydrogens (tertiary/aromatic N) is 2. The third kappa shape index (κ3) is 3.91. The SMILES string of the molecule is CN(CC(O)C1CC1)C(=O)Cc1ccc(N2CCCC2=O)cc1. The Kier molecular flexibility index (Phi) is 4.66. The van der Waals surface area contributed by atoms with Gasteiger partial charge in [-0.05, 0) is 42.9 Å². The molecule has 1 aromatic rings. The summed E-state index contributed by atoms with van der Waals surface area (Å²) in [4.78, 5) is 27.4. The van der Waals surface area contributed by atoms with E-state index in [1.807, 2.05) is 24.3 Å². The van der Waals surface area contributed by atoms with Crippen LogP contribution >= 0.6 is 0 Å². The molecule has 0 bridgehead atoms. The minimum Gasteiger partial charge on any atom is -0.391 e. The van der Waals surface area contributed by atoms with E-state index in [0.717, 1.165) is 37.1 Å². The zero-order valence-electron chi connectivity index (χ0n) is 13.6. The average Bonchev–Trinajstić information content (AvgIpc) is 3.30. The molecule has 5 heteroatoms. The Hall–Kier alpha value is -1.88. The number of hydrogen-bond acceptors (Lipinski definition) is 3. The van der Waals surface area contributed by atoms with Gasteiger partial charge >= 0.3 is 0 Å². The van der Waals surface area contributed by atoms with E-state index in [-0.39, 0.29) is 11.8 Å². The number of carbonyl (C=O) groups is 2. The van der Waals surface area contributed by atoms with Gasteiger partial charge in [0.1, 0.15) is 0 Å². The number of aliphatic hydroxyl groups excluding tert-OH is 1. The molecule has 1 saturated carbocycles. The van der Waals surface area contributed by atoms with Crippen LogP contribution in [0.1, 0.15) is 31.2 Å². The van der Waals surface area contributed by atoms with E-state index >= 15 is 0 Å². The first-order valence-electron chi connectivity index (χ1n) is 8.36. The second kappa shape index (κ2) is 6.71. The summed E-state index contributed by atoms with van der Waals surface area (Å²) >= 11 is 0. The lowest BCUT2D eigenvalue weighted by atomic mass is 10.1. The summed E-state index contributed by atoms with van der Waals surface area (Å²) < 4.78 is 0. The molecule has 3 rings (SSSR count). The molecule has 2 aliphatic rings. The van der Waals surface area contributed by atoms with E-state index in [0.29, 0.717) is 25.3 Å². The Bertz CT molecular complexity index is 580. The van der Waals surface area contributed by atoms with Crippen LogP contribution in [0.5, 0.6) is 0 Å². The maximum atomic E-state index is 12.2. The number of carbonyl (C=O) groups excluding carboxylic acids is 2. The van der Waals surface area contributed by atoms with E-state index in [9.17, 15) is 14.7 Å². The quantitative estimate of drug-likeness (QED) is 0.867. The number of anilines is 1. The molecule has 23 heavy (non-hydrogen) atoms. The maximum Gasteiger partial charge on any atom is 0.227 e. The normalized spacial score (nSPS) is 19.0. The van der Waals surface area contributed by atoms with Crippen LogP contribution in [-0.4, -0.2) is 48.1 Å². The first-order valence-corrected chi connectivity index (χ1v) is 8.36. The van der Waals surface area contributed by atoms with Crippen molar-refractivity contribution >= 4 is 17.5 Å². The number of hydrogen-bond donors (Lipinski definition) is 1. The molecule has 2 fully saturated rings. The Morgan fingerprint density at radius 2 is 2.04 bits per heavy atom. The smallest absolute Gasteiger partial charge is 0.227 e. The summed E-state index contributed by atoms with van der Waals surface area (Å²) in [6, 6.07) is 7.63. The van der Waals surface area contributed by atoms with Crippen LogP contribution in [0.4, 0.5) is 5.69 Å². The Morgan fingerprint density at radius 1 is 1.35 bits per heavy atom. The highest BCUT2D eigenvalue weighted by Gasteiger charge is 2.31. The van der Waals surface area contributed by atoms with E-state index in [4.69, 9.17) is 0 Å². The van der Waals surface area contributed by atoms with Crippen LogP contribution < -0.4 is 4.90 Å². The van der Waals surface area contributed by atoms with Crippen molar-refractivity contribution in [1.29, 1.82) is 0 Å². The number of rotatable bonds is 6. The van der Waals surface area contributed by atoms with Crippen LogP contribution in [0, 0.1) is 5.92 Å². The van der Waals surface area contributed by atoms with Gasteiger partial charge in [-0.1, -0.05) is 12.1 Å². The van der Waals surface area contributed by atoms with Gasteiger partial charge in [-0.15, -0.1) is 0 Å². The van der Waals surface area contributed by atoms with Crippen molar-refractivity contribution in [3.8, 4) is 0 Å². The molecular formula is C18H24N2O3. The van der Waals surface area contributed by atoms with Crippen LogP contribution in [0.2, 0.25) is 0 Å². The number of likely N-dealkylation sites (N-methyl/N-ethyl adjacent to an activating group) is 1. The lowest BCUT2D eigenvalue weighted by molar-refractivity contribution is -0.130. The second-order valence-corrected chi connectivity index (χ2v) is 6.67. The molecule has 1 aromatic carbocycles. The molecule has 0 spiro atoms. The van der Waals surface area contributed by atoms with Crippen molar-refractivity contribution in [3.63, 3.8) is 0 Å². The van der Waals surface area contributed by atoms with E-state index in [1.54, 1.807) is 16.8 Å². The highest BCUT2D eigenvalue weighted by atomic mass is 16.3. The summed E-state index contributed by atoms with van der Waals surface area (Å²) in [5, 5.41) is 9.93. The van der Waals surface area contributed by atoms with Crippen LogP contribution in [0.25, 0.3) is 0 Å². The Morgan fingerprint density at radius 3 is 2.61 bits per heavy atom. The number of benzene rings is 1. The third-order valence-corrected chi connectivity index (χ3v) is 4.73. The van der Waals surface area contributed by atoms with Gasteiger partial charge in [-0.2, -0.15) is 0 Å². The summed E-state index contributed by atoms with van der Waals surface area (Å²) in [5.41, 5.74) is 1.83. The van der Waals surface area contributed by atoms with Crippen molar-refractivity contribution in [2.75, 3.05) is 25.0 Å². The van der Waals surface area contributed by atoms with Gasteiger partial charge in [0, 0.05) is 32.2 Å². The second-order valence-electron chi connectivity index (χ2n) is 6.67. The van der Waals surface area contributed by atoms with Crippen molar-refractivity contribution in [2.45, 2.75) is 38.2 Å². The van der Waals surface area contributed by atoms with Crippen LogP contribution in [-0.2, 0) is 16.0 Å². The molecule has 1 heterocycles. The number of aliphatic hydroxyl groups is 1. The molecule has 1 N–H and O–H groups in total. The third-order valence-electron chi connectivity index (χ3n) is 4.73. The van der Waals surface area contributed by atoms with Crippen molar-refractivity contribution < 1.29 is 14.7 Å². The van der Waals surface area contributed by atoms with Gasteiger partial charge in [0.2, 0.25) is 11.8 Å². The van der Waals surface area contributed by atoms with Crippen molar-refractivity contribution in [2.24, 2.45) is 5.92 Å². The highest BCUT2D eigenvalue weighted by Crippen LogP contribution is 2.32. The number of amides is 2. The summed E-state index contributed by atoms with van der Waals surface area (Å²) in [5.74, 6) is 0.555. The molecule has 1 unspecified atom stereocenters. The van der Waals surface area contributed by atoms with Crippen LogP contribution in [0.15, 0.2) is 24.3 Å². The minimum atomic E-state index is -0.396. The van der Waals surface area contributed by atoms with Crippen LogP contribution in [0.3, 0.4) is 0 Å². The summed E-state index contributed by atoms with van der Waals surface area (Å²) in [6.07, 6.45) is 3.59. The molecule has 2 amide bonds. The van der Waals surface area contributed by atoms with Crippen molar-refractivity contribution in [1.82, 2.24) is 4.90 Å². The van der Waals surface area contributed by atoms with E-state index in [2.05, 4.69) is 0 Å². The average molecular weight is 316 g/mol. The summed E-state index contributed by atoms with van der Waals surface area (Å²) in [6.45, 7) is 1.18. The fourth-order valence-electron chi connectivity index (χ4n) is 3.04. The zero-order valence-corrected chi connectivity index (χ0v) is 13.6. The standard InChI is InChI=1S/C18H24N2O3/c1-19(12-16(21)14-6-7-14)18(23)11-13-4-8-15(9-5-13)20-10-2-3-17(20)22/h4-5,8-9,14,16,21H,2-3,6-7,10-12H2,1H3. The fourth-order valence-corrected chi connectivity index (χ4v) is 3.04. The maximum absolute atomic E-state index is 12.2. The monoisotopic (exact) mass is 316 g/mol. The predicted molar refractivity (Wildman–Crippen MR) is 88.1 cm³/mol. The highest BCUT2D eigenvalue weighted by molar-refractivity contribution is 5.95. The van der Waals surface area contributed by atoms with Gasteiger partial charge in [-0.3, -0.25) is 9.59 Å². The lowest BCUT2D eigenvalue weighted by Crippen LogP contribution is -2.36.